The highest BCUT2D eigenvalue weighted by Gasteiger charge is 2.24. The lowest BCUT2D eigenvalue weighted by molar-refractivity contribution is -0.120. The first-order valence-corrected chi connectivity index (χ1v) is 10.9. The molecule has 0 aliphatic carbocycles. The van der Waals surface area contributed by atoms with E-state index in [0.717, 1.165) is 13.1 Å². The smallest absolute Gasteiger partial charge is 0.293 e. The molecule has 156 valence electrons. The number of likely N-dealkylation sites (tertiary alicyclic amines) is 1. The molecule has 3 heterocycles. The minimum absolute atomic E-state index is 0.0793. The number of furan rings is 1. The summed E-state index contributed by atoms with van der Waals surface area (Å²) in [5, 5.41) is 7.97. The molecule has 2 aromatic heterocycles. The van der Waals surface area contributed by atoms with E-state index in [0.29, 0.717) is 17.4 Å². The van der Waals surface area contributed by atoms with Crippen molar-refractivity contribution in [2.45, 2.75) is 25.3 Å². The fourth-order valence-electron chi connectivity index (χ4n) is 3.64. The maximum absolute atomic E-state index is 12.5. The van der Waals surface area contributed by atoms with E-state index in [9.17, 15) is 9.59 Å². The number of rotatable bonds is 8. The number of amides is 2. The third-order valence-corrected chi connectivity index (χ3v) is 5.92. The number of hydrogen-bond donors (Lipinski definition) is 2. The average molecular weight is 425 g/mol. The summed E-state index contributed by atoms with van der Waals surface area (Å²) >= 11 is 1.29. The molecule has 2 N–H and O–H groups in total. The molecule has 0 radical (unpaired) electrons. The zero-order valence-electron chi connectivity index (χ0n) is 16.5. The normalized spacial score (nSPS) is 15.1. The lowest BCUT2D eigenvalue weighted by Gasteiger charge is -2.28. The van der Waals surface area contributed by atoms with E-state index in [1.54, 1.807) is 17.5 Å². The van der Waals surface area contributed by atoms with Crippen molar-refractivity contribution in [2.75, 3.05) is 25.0 Å². The second-order valence-electron chi connectivity index (χ2n) is 7.23. The first-order chi connectivity index (χ1) is 14.7. The van der Waals surface area contributed by atoms with Crippen LogP contribution in [0, 0.1) is 0 Å². The quantitative estimate of drug-likeness (QED) is 0.578. The van der Waals surface area contributed by atoms with Crippen molar-refractivity contribution >= 4 is 28.3 Å². The van der Waals surface area contributed by atoms with Gasteiger partial charge < -0.3 is 9.73 Å². The van der Waals surface area contributed by atoms with E-state index in [1.807, 2.05) is 18.2 Å². The van der Waals surface area contributed by atoms with Crippen molar-refractivity contribution in [1.29, 1.82) is 0 Å². The molecule has 30 heavy (non-hydrogen) atoms. The highest BCUT2D eigenvalue weighted by molar-refractivity contribution is 7.14. The minimum atomic E-state index is -0.360. The zero-order valence-corrected chi connectivity index (χ0v) is 17.4. The predicted octanol–water partition coefficient (Wildman–Crippen LogP) is 3.48. The number of hydrogen-bond acceptors (Lipinski definition) is 6. The molecule has 4 rings (SSSR count). The predicted molar refractivity (Wildman–Crippen MR) is 115 cm³/mol. The van der Waals surface area contributed by atoms with Crippen molar-refractivity contribution in [3.63, 3.8) is 0 Å². The molecular formula is C22H24N4O3S. The third kappa shape index (κ3) is 5.14. The van der Waals surface area contributed by atoms with E-state index in [4.69, 9.17) is 4.42 Å². The fourth-order valence-corrected chi connectivity index (χ4v) is 4.34. The van der Waals surface area contributed by atoms with Gasteiger partial charge in [0, 0.05) is 11.9 Å². The van der Waals surface area contributed by atoms with Gasteiger partial charge >= 0.3 is 0 Å². The summed E-state index contributed by atoms with van der Waals surface area (Å²) in [4.78, 5) is 31.3. The molecule has 1 saturated heterocycles. The molecule has 1 aliphatic heterocycles. The van der Waals surface area contributed by atoms with Gasteiger partial charge in [-0.05, 0) is 43.6 Å². The van der Waals surface area contributed by atoms with E-state index in [2.05, 4.69) is 32.7 Å². The van der Waals surface area contributed by atoms with Gasteiger partial charge in [-0.2, -0.15) is 0 Å². The Kier molecular flexibility index (Phi) is 6.56. The molecule has 1 aliphatic rings. The second-order valence-corrected chi connectivity index (χ2v) is 8.08. The van der Waals surface area contributed by atoms with Gasteiger partial charge in [-0.15, -0.1) is 11.3 Å². The monoisotopic (exact) mass is 424 g/mol. The Morgan fingerprint density at radius 1 is 1.13 bits per heavy atom. The Labute approximate surface area is 179 Å². The summed E-state index contributed by atoms with van der Waals surface area (Å²) < 4.78 is 5.07. The summed E-state index contributed by atoms with van der Waals surface area (Å²) in [6, 6.07) is 13.7. The highest BCUT2D eigenvalue weighted by atomic mass is 32.1. The molecule has 1 aromatic carbocycles. The highest BCUT2D eigenvalue weighted by Crippen LogP contribution is 2.24. The van der Waals surface area contributed by atoms with Crippen LogP contribution in [0.3, 0.4) is 0 Å². The lowest BCUT2D eigenvalue weighted by Crippen LogP contribution is -2.37. The summed E-state index contributed by atoms with van der Waals surface area (Å²) in [5.74, 6) is -0.218. The average Bonchev–Trinajstić information content (AvgIpc) is 3.52. The van der Waals surface area contributed by atoms with Gasteiger partial charge in [-0.25, -0.2) is 4.98 Å². The number of thiazole rings is 1. The van der Waals surface area contributed by atoms with Crippen LogP contribution in [-0.4, -0.2) is 41.3 Å². The maximum Gasteiger partial charge on any atom is 0.293 e. The topological polar surface area (TPSA) is 87.5 Å². The molecular weight excluding hydrogens is 400 g/mol. The number of benzene rings is 1. The van der Waals surface area contributed by atoms with Gasteiger partial charge in [0.1, 0.15) is 0 Å². The van der Waals surface area contributed by atoms with Crippen LogP contribution >= 0.6 is 11.3 Å². The van der Waals surface area contributed by atoms with E-state index >= 15 is 0 Å². The molecule has 8 heteroatoms. The SMILES string of the molecule is O=C(Cc1csc(NC(=O)c2ccco2)n1)NC[C@@H](c1ccccc1)N1CCCC1. The van der Waals surface area contributed by atoms with Crippen LogP contribution in [0.1, 0.15) is 40.7 Å². The Bertz CT molecular complexity index is 965. The van der Waals surface area contributed by atoms with Gasteiger partial charge in [0.05, 0.1) is 24.4 Å². The summed E-state index contributed by atoms with van der Waals surface area (Å²) in [6.07, 6.45) is 4.01. The van der Waals surface area contributed by atoms with Gasteiger partial charge in [-0.3, -0.25) is 19.8 Å². The van der Waals surface area contributed by atoms with Gasteiger partial charge in [-0.1, -0.05) is 30.3 Å². The van der Waals surface area contributed by atoms with Gasteiger partial charge in [0.2, 0.25) is 5.91 Å². The lowest BCUT2D eigenvalue weighted by atomic mass is 10.1. The van der Waals surface area contributed by atoms with Gasteiger partial charge in [0.25, 0.3) is 5.91 Å². The molecule has 0 bridgehead atoms. The van der Waals surface area contributed by atoms with Crippen LogP contribution in [0.5, 0.6) is 0 Å². The molecule has 0 spiro atoms. The largest absolute Gasteiger partial charge is 0.459 e. The van der Waals surface area contributed by atoms with Crippen molar-refractivity contribution < 1.29 is 14.0 Å². The molecule has 3 aromatic rings. The Morgan fingerprint density at radius 3 is 2.67 bits per heavy atom. The molecule has 2 amide bonds. The van der Waals surface area contributed by atoms with Crippen molar-refractivity contribution in [1.82, 2.24) is 15.2 Å². The third-order valence-electron chi connectivity index (χ3n) is 5.12. The standard InChI is InChI=1S/C22H24N4O3S/c27-20(13-17-15-30-22(24-17)25-21(28)19-9-6-12-29-19)23-14-18(26-10-4-5-11-26)16-7-2-1-3-8-16/h1-3,6-9,12,15,18H,4-5,10-11,13-14H2,(H,23,27)(H,24,25,28)/t18-/m0/s1. The first-order valence-electron chi connectivity index (χ1n) is 10.0. The molecule has 1 atom stereocenters. The number of anilines is 1. The first kappa shape index (κ1) is 20.3. The molecule has 7 nitrogen and oxygen atoms in total. The minimum Gasteiger partial charge on any atom is -0.459 e. The van der Waals surface area contributed by atoms with Crippen molar-refractivity contribution in [3.05, 3.63) is 71.1 Å². The van der Waals surface area contributed by atoms with Crippen LogP contribution in [0.2, 0.25) is 0 Å². The van der Waals surface area contributed by atoms with Crippen LogP contribution in [0.25, 0.3) is 0 Å². The molecule has 1 fully saturated rings. The number of carbonyl (C=O) groups is 2. The van der Waals surface area contributed by atoms with Crippen LogP contribution in [0.15, 0.2) is 58.5 Å². The summed E-state index contributed by atoms with van der Waals surface area (Å²) in [5.41, 5.74) is 1.85. The Morgan fingerprint density at radius 2 is 1.93 bits per heavy atom. The van der Waals surface area contributed by atoms with E-state index in [-0.39, 0.29) is 30.0 Å². The molecule has 0 unspecified atom stereocenters. The van der Waals surface area contributed by atoms with Crippen LogP contribution in [0.4, 0.5) is 5.13 Å². The summed E-state index contributed by atoms with van der Waals surface area (Å²) in [6.45, 7) is 2.68. The number of aromatic nitrogens is 1. The van der Waals surface area contributed by atoms with Crippen LogP contribution < -0.4 is 10.6 Å². The zero-order chi connectivity index (χ0) is 20.8. The van der Waals surface area contributed by atoms with E-state index in [1.165, 1.54) is 36.0 Å². The number of nitrogens with zero attached hydrogens (tertiary/aromatic N) is 2. The van der Waals surface area contributed by atoms with Gasteiger partial charge in [0.15, 0.2) is 10.9 Å². The number of carbonyl (C=O) groups excluding carboxylic acids is 2. The molecule has 0 saturated carbocycles. The van der Waals surface area contributed by atoms with Crippen molar-refractivity contribution in [2.24, 2.45) is 0 Å². The Balaban J connectivity index is 1.31. The fraction of sp³-hybridized carbons (Fsp3) is 0.318. The maximum atomic E-state index is 12.5. The summed E-state index contributed by atoms with van der Waals surface area (Å²) in [7, 11) is 0. The van der Waals surface area contributed by atoms with Crippen molar-refractivity contribution in [3.8, 4) is 0 Å². The second kappa shape index (κ2) is 9.69. The van der Waals surface area contributed by atoms with E-state index < -0.39 is 0 Å². The Hall–Kier alpha value is -2.97. The number of nitrogens with one attached hydrogen (secondary N) is 2. The van der Waals surface area contributed by atoms with Crippen LogP contribution in [-0.2, 0) is 11.2 Å².